The molecule has 7 saturated heterocycles. The van der Waals surface area contributed by atoms with Crippen LogP contribution in [0.15, 0.2) is 12.2 Å². The van der Waals surface area contributed by atoms with Gasteiger partial charge in [-0.15, -0.1) is 0 Å². The quantitative estimate of drug-likeness (QED) is 0.0353. The van der Waals surface area contributed by atoms with Crippen LogP contribution in [-0.2, 0) is 61.6 Å². The lowest BCUT2D eigenvalue weighted by Crippen LogP contribution is -2.69. The van der Waals surface area contributed by atoms with E-state index in [0.29, 0.717) is 37.7 Å². The molecule has 0 unspecified atom stereocenters. The Morgan fingerprint density at radius 3 is 1.45 bits per heavy atom. The summed E-state index contributed by atoms with van der Waals surface area (Å²) < 4.78 is 77.5. The number of aliphatic hydroxyl groups is 22. The molecule has 4 saturated carbocycles. The van der Waals surface area contributed by atoms with E-state index >= 15 is 0 Å². The lowest BCUT2D eigenvalue weighted by molar-refractivity contribution is -0.410. The van der Waals surface area contributed by atoms with Gasteiger partial charge in [-0.3, -0.25) is 0 Å². The summed E-state index contributed by atoms with van der Waals surface area (Å²) in [5, 5.41) is 240. The zero-order valence-corrected chi connectivity index (χ0v) is 54.7. The normalized spacial score (nSPS) is 55.1. The summed E-state index contributed by atoms with van der Waals surface area (Å²) in [6.45, 7) is 4.84. The van der Waals surface area contributed by atoms with Crippen molar-refractivity contribution in [1.29, 1.82) is 0 Å². The molecule has 0 aromatic rings. The number of hydrogen-bond donors (Lipinski definition) is 22. The Balaban J connectivity index is 0.744. The van der Waals surface area contributed by atoms with E-state index in [2.05, 4.69) is 20.4 Å². The molecular weight excluding hydrogens is 1320 g/mol. The van der Waals surface area contributed by atoms with Crippen molar-refractivity contribution in [3.05, 3.63) is 12.2 Å². The van der Waals surface area contributed by atoms with Gasteiger partial charge in [0, 0.05) is 23.7 Å². The van der Waals surface area contributed by atoms with Crippen LogP contribution in [0.25, 0.3) is 0 Å². The Labute approximate surface area is 564 Å². The molecule has 42 atom stereocenters. The van der Waals surface area contributed by atoms with Gasteiger partial charge >= 0.3 is 0 Å². The molecule has 0 radical (unpaired) electrons. The fourth-order valence-corrected chi connectivity index (χ4v) is 18.4. The number of hydrogen-bond acceptors (Lipinski definition) is 35. The summed E-state index contributed by atoms with van der Waals surface area (Å²) in [5.41, 5.74) is -0.337. The van der Waals surface area contributed by atoms with Gasteiger partial charge in [-0.1, -0.05) is 32.9 Å². The van der Waals surface area contributed by atoms with E-state index in [9.17, 15) is 112 Å². The van der Waals surface area contributed by atoms with E-state index in [4.69, 9.17) is 61.6 Å². The summed E-state index contributed by atoms with van der Waals surface area (Å²) in [6.07, 6.45) is -52.5. The first-order valence-corrected chi connectivity index (χ1v) is 34.2. The summed E-state index contributed by atoms with van der Waals surface area (Å²) in [7, 11) is 0. The second kappa shape index (κ2) is 31.0. The molecule has 35 nitrogen and oxygen atoms in total. The summed E-state index contributed by atoms with van der Waals surface area (Å²) in [4.78, 5) is 0. The third-order valence-electron chi connectivity index (χ3n) is 24.2. The maximum absolute atomic E-state index is 12.5. The van der Waals surface area contributed by atoms with E-state index < -0.39 is 247 Å². The second-order valence-corrected chi connectivity index (χ2v) is 29.5. The van der Waals surface area contributed by atoms with Crippen LogP contribution in [-0.4, -0.2) is 367 Å². The van der Waals surface area contributed by atoms with Crippen molar-refractivity contribution in [2.24, 2.45) is 46.3 Å². The van der Waals surface area contributed by atoms with Gasteiger partial charge in [-0.2, -0.15) is 0 Å². The predicted octanol–water partition coefficient (Wildman–Crippen LogP) is -9.42. The number of aliphatic hydroxyl groups excluding tert-OH is 21. The Morgan fingerprint density at radius 1 is 0.439 bits per heavy atom. The SMILES string of the molecule is C=C(CC[C@@]1(O)O[C@H]2C[C@H]3[C@@H]4CC[C@H]5C[C@@H](O[C@@H]6O[C@H](CO)[C@H](O[C@@H]7O[C@H](CO)[C@@H](O)[C@H](O[C@@H]8O[C@H](CO)[C@@H](O)[C@H](O[C@@H]9O[C@H](CO)[C@@H](O)[C@H](O)[C@H]9O)[C@H]8O)[C@H]7O[C@@H]7O[C@H](CO)[C@@H](O)[C@H](O)[C@H]7O)[C@H](O)[C@H]6O)CC[C@]5(C)[C@H]4C[C@@H](O)[C@]3(C)[C@H]2[C@@H]1C)CO[C@@H]1O[C@H](CO)[C@@H](O)[C@H](O)[C@H]1O. The molecule has 566 valence electrons. The first kappa shape index (κ1) is 77.4. The van der Waals surface area contributed by atoms with Gasteiger partial charge in [-0.25, -0.2) is 0 Å². The van der Waals surface area contributed by atoms with Gasteiger partial charge in [-0.05, 0) is 80.5 Å². The topological polar surface area (TPSA) is 565 Å². The molecule has 4 aliphatic carbocycles. The first-order valence-electron chi connectivity index (χ1n) is 34.2. The molecule has 11 aliphatic rings. The Kier molecular flexibility index (Phi) is 24.5. The smallest absolute Gasteiger partial charge is 0.187 e. The Hall–Kier alpha value is -1.66. The van der Waals surface area contributed by atoms with Crippen molar-refractivity contribution in [3.63, 3.8) is 0 Å². The minimum atomic E-state index is -2.24. The minimum Gasteiger partial charge on any atom is -0.394 e. The molecule has 0 bridgehead atoms. The highest BCUT2D eigenvalue weighted by atomic mass is 16.8. The third kappa shape index (κ3) is 14.1. The molecule has 7 aliphatic heterocycles. The summed E-state index contributed by atoms with van der Waals surface area (Å²) in [5.74, 6) is -1.69. The Morgan fingerprint density at radius 2 is 0.888 bits per heavy atom. The largest absolute Gasteiger partial charge is 0.394 e. The second-order valence-electron chi connectivity index (χ2n) is 29.5. The molecule has 0 aromatic heterocycles. The average molecular weight is 1420 g/mol. The zero-order chi connectivity index (χ0) is 71.1. The number of ether oxygens (including phenoxy) is 13. The molecule has 0 amide bonds. The van der Waals surface area contributed by atoms with Crippen molar-refractivity contribution in [2.75, 3.05) is 46.2 Å². The lowest BCUT2D eigenvalue weighted by atomic mass is 9.43. The minimum absolute atomic E-state index is 0.0634. The predicted molar refractivity (Wildman–Crippen MR) is 318 cm³/mol. The summed E-state index contributed by atoms with van der Waals surface area (Å²) >= 11 is 0. The van der Waals surface area contributed by atoms with E-state index in [1.54, 1.807) is 0 Å². The van der Waals surface area contributed by atoms with Gasteiger partial charge in [0.2, 0.25) is 0 Å². The molecule has 0 aromatic carbocycles. The van der Waals surface area contributed by atoms with Crippen LogP contribution in [0.3, 0.4) is 0 Å². The van der Waals surface area contributed by atoms with Crippen molar-refractivity contribution in [1.82, 2.24) is 0 Å². The molecule has 11 fully saturated rings. The van der Waals surface area contributed by atoms with Crippen molar-refractivity contribution >= 4 is 0 Å². The van der Waals surface area contributed by atoms with Gasteiger partial charge < -0.3 is 174 Å². The number of fused-ring (bicyclic) bond motifs is 7. The highest BCUT2D eigenvalue weighted by molar-refractivity contribution is 5.18. The van der Waals surface area contributed by atoms with Crippen LogP contribution in [0.4, 0.5) is 0 Å². The molecule has 11 rings (SSSR count). The van der Waals surface area contributed by atoms with Crippen LogP contribution < -0.4 is 0 Å². The molecule has 22 N–H and O–H groups in total. The van der Waals surface area contributed by atoms with E-state index in [0.717, 1.165) is 12.8 Å². The average Bonchev–Trinajstić information content (AvgIpc) is 1.51. The van der Waals surface area contributed by atoms with Crippen LogP contribution in [0, 0.1) is 46.3 Å². The zero-order valence-electron chi connectivity index (χ0n) is 54.7. The van der Waals surface area contributed by atoms with Crippen LogP contribution in [0.2, 0.25) is 0 Å². The lowest BCUT2D eigenvalue weighted by Gasteiger charge is -2.62. The molecular formula is C63H104O35. The van der Waals surface area contributed by atoms with Crippen molar-refractivity contribution in [2.45, 2.75) is 287 Å². The summed E-state index contributed by atoms with van der Waals surface area (Å²) in [6, 6.07) is 0. The van der Waals surface area contributed by atoms with Gasteiger partial charge in [0.25, 0.3) is 0 Å². The van der Waals surface area contributed by atoms with Crippen LogP contribution >= 0.6 is 0 Å². The monoisotopic (exact) mass is 1420 g/mol. The van der Waals surface area contributed by atoms with Crippen molar-refractivity contribution < 1.29 is 174 Å². The fourth-order valence-electron chi connectivity index (χ4n) is 18.4. The number of rotatable bonds is 22. The standard InChI is InChI=1S/C63H104O35/c1-21(20-86-55-46(80)42(76)37(71)29(14-64)88-55)7-10-63(85)22(2)36-28(98-63)12-27-25-6-5-23-11-24(8-9-61(23,3)26(25)13-35(70)62(27,36)4)87-56-49(83)45(79)51(34(19-69)93-56)94-60-54(97-58-48(82)44(78)39(73)31(16-66)90-58)53(41(75)33(18-68)92-60)96-59-50(84)52(40(74)32(17-67)91-59)95-57-47(81)43(77)38(72)30(15-65)89-57/h22-60,64-85H,1,5-20H2,2-4H3/t22-,23-,24-,25+,26-,27-,28-,29+,30+,31+,32+,33+,34+,35+,36-,37+,38+,39+,40+,41+,42-,43-,44-,45+,46+,47+,48+,49+,50+,51-,52-,53-,54+,55+,56+,57-,58-,59-,60-,61-,62+,63+/m0/s1. The maximum atomic E-state index is 12.5. The van der Waals surface area contributed by atoms with Crippen molar-refractivity contribution in [3.8, 4) is 0 Å². The first-order chi connectivity index (χ1) is 46.4. The van der Waals surface area contributed by atoms with Crippen LogP contribution in [0.5, 0.6) is 0 Å². The fraction of sp³-hybridized carbons (Fsp3) is 0.968. The highest BCUT2D eigenvalue weighted by Crippen LogP contribution is 2.71. The van der Waals surface area contributed by atoms with E-state index in [-0.39, 0.29) is 66.5 Å². The Bertz CT molecular complexity index is 2600. The molecule has 98 heavy (non-hydrogen) atoms. The van der Waals surface area contributed by atoms with E-state index in [1.165, 1.54) is 0 Å². The van der Waals surface area contributed by atoms with Crippen LogP contribution in [0.1, 0.15) is 78.6 Å². The molecule has 35 heteroatoms. The highest BCUT2D eigenvalue weighted by Gasteiger charge is 2.71. The van der Waals surface area contributed by atoms with E-state index in [1.807, 2.05) is 6.92 Å². The van der Waals surface area contributed by atoms with Gasteiger partial charge in [0.05, 0.1) is 64.6 Å². The van der Waals surface area contributed by atoms with Gasteiger partial charge in [0.15, 0.2) is 43.5 Å². The molecule has 0 spiro atoms. The molecule has 7 heterocycles. The maximum Gasteiger partial charge on any atom is 0.187 e. The van der Waals surface area contributed by atoms with Gasteiger partial charge in [0.1, 0.15) is 146 Å². The third-order valence-corrected chi connectivity index (χ3v) is 24.2.